The minimum atomic E-state index is -1.11. The van der Waals surface area contributed by atoms with Gasteiger partial charge in [-0.25, -0.2) is 4.79 Å². The lowest BCUT2D eigenvalue weighted by Crippen LogP contribution is -2.59. The molecule has 3 amide bonds. The summed E-state index contributed by atoms with van der Waals surface area (Å²) in [6.45, 7) is 7.71. The number of nitrogens with two attached hydrogens (primary N) is 1. The van der Waals surface area contributed by atoms with Crippen LogP contribution in [0.2, 0.25) is 0 Å². The molecule has 36 heavy (non-hydrogen) atoms. The SMILES string of the molecule is CC[C@H](C)[C@H](NC(=O)[C@@H]1CCCN1C(=O)[C@@H](NC(=O)[C@@H](N)Cc1ccc(O)cc1)[C@@H](C)CC)C(=O)O. The molecule has 0 aliphatic carbocycles. The number of aliphatic carboxylic acids is 1. The number of carboxylic acid groups (broad SMARTS) is 1. The fraction of sp³-hybridized carbons (Fsp3) is 0.615. The molecular formula is C26H40N4O6. The first kappa shape index (κ1) is 29.1. The van der Waals surface area contributed by atoms with Crippen molar-refractivity contribution in [2.45, 2.75) is 84.0 Å². The number of carbonyl (C=O) groups is 4. The molecule has 1 heterocycles. The van der Waals surface area contributed by atoms with Crippen LogP contribution < -0.4 is 16.4 Å². The van der Waals surface area contributed by atoms with Crippen LogP contribution in [0.4, 0.5) is 0 Å². The van der Waals surface area contributed by atoms with E-state index >= 15 is 0 Å². The first-order chi connectivity index (χ1) is 17.0. The molecule has 10 nitrogen and oxygen atoms in total. The molecule has 0 radical (unpaired) electrons. The van der Waals surface area contributed by atoms with E-state index in [1.807, 2.05) is 20.8 Å². The second kappa shape index (κ2) is 13.2. The standard InChI is InChI=1S/C26H40N4O6/c1-5-15(3)21(28-23(32)19(27)14-17-9-11-18(31)12-10-17)25(34)30-13-7-8-20(30)24(33)29-22(26(35)36)16(4)6-2/h9-12,15-16,19-22,31H,5-8,13-14,27H2,1-4H3,(H,28,32)(H,29,33)(H,35,36)/t15-,16-,19-,20-,21-,22-/m0/s1. The average molecular weight is 505 g/mol. The fourth-order valence-electron chi connectivity index (χ4n) is 4.34. The third kappa shape index (κ3) is 7.43. The highest BCUT2D eigenvalue weighted by Gasteiger charge is 2.40. The Morgan fingerprint density at radius 2 is 1.61 bits per heavy atom. The number of hydrogen-bond donors (Lipinski definition) is 5. The van der Waals surface area contributed by atoms with Crippen LogP contribution in [-0.2, 0) is 25.6 Å². The van der Waals surface area contributed by atoms with Gasteiger partial charge in [0.2, 0.25) is 17.7 Å². The third-order valence-electron chi connectivity index (χ3n) is 7.12. The molecule has 6 N–H and O–H groups in total. The Labute approximate surface area is 212 Å². The number of phenolic OH excluding ortho intramolecular Hbond substituents is 1. The molecule has 1 saturated heterocycles. The quantitative estimate of drug-likeness (QED) is 0.287. The zero-order valence-electron chi connectivity index (χ0n) is 21.6. The van der Waals surface area contributed by atoms with E-state index in [2.05, 4.69) is 10.6 Å². The van der Waals surface area contributed by atoms with Crippen molar-refractivity contribution in [3.63, 3.8) is 0 Å². The zero-order chi connectivity index (χ0) is 27.0. The number of nitrogens with zero attached hydrogens (tertiary/aromatic N) is 1. The molecule has 0 saturated carbocycles. The Hall–Kier alpha value is -3.14. The van der Waals surface area contributed by atoms with E-state index in [0.717, 1.165) is 5.56 Å². The Morgan fingerprint density at radius 3 is 2.17 bits per heavy atom. The summed E-state index contributed by atoms with van der Waals surface area (Å²) in [7, 11) is 0. The minimum absolute atomic E-state index is 0.113. The predicted molar refractivity (Wildman–Crippen MR) is 135 cm³/mol. The molecule has 0 spiro atoms. The summed E-state index contributed by atoms with van der Waals surface area (Å²) in [5, 5.41) is 24.4. The molecule has 1 fully saturated rings. The monoisotopic (exact) mass is 504 g/mol. The molecule has 6 atom stereocenters. The fourth-order valence-corrected chi connectivity index (χ4v) is 4.34. The lowest BCUT2D eigenvalue weighted by molar-refractivity contribution is -0.146. The van der Waals surface area contributed by atoms with Gasteiger partial charge >= 0.3 is 5.97 Å². The van der Waals surface area contributed by atoms with Crippen molar-refractivity contribution in [1.82, 2.24) is 15.5 Å². The summed E-state index contributed by atoms with van der Waals surface area (Å²) in [6.07, 6.45) is 2.45. The molecular weight excluding hydrogens is 464 g/mol. The van der Waals surface area contributed by atoms with Gasteiger partial charge < -0.3 is 31.5 Å². The van der Waals surface area contributed by atoms with Crippen LogP contribution in [0, 0.1) is 11.8 Å². The number of rotatable bonds is 12. The molecule has 0 bridgehead atoms. The van der Waals surface area contributed by atoms with Gasteiger partial charge in [-0.2, -0.15) is 0 Å². The first-order valence-corrected chi connectivity index (χ1v) is 12.7. The minimum Gasteiger partial charge on any atom is -0.508 e. The van der Waals surface area contributed by atoms with Crippen LogP contribution in [0.1, 0.15) is 58.9 Å². The number of likely N-dealkylation sites (tertiary alicyclic amines) is 1. The summed E-state index contributed by atoms with van der Waals surface area (Å²) < 4.78 is 0. The number of hydrogen-bond acceptors (Lipinski definition) is 6. The summed E-state index contributed by atoms with van der Waals surface area (Å²) in [4.78, 5) is 52.6. The van der Waals surface area contributed by atoms with Gasteiger partial charge in [0.05, 0.1) is 6.04 Å². The van der Waals surface area contributed by atoms with Crippen molar-refractivity contribution in [1.29, 1.82) is 0 Å². The normalized spacial score (nSPS) is 19.6. The van der Waals surface area contributed by atoms with Gasteiger partial charge in [-0.3, -0.25) is 14.4 Å². The number of phenols is 1. The molecule has 1 aromatic rings. The van der Waals surface area contributed by atoms with Crippen molar-refractivity contribution in [3.8, 4) is 5.75 Å². The van der Waals surface area contributed by atoms with Gasteiger partial charge in [-0.05, 0) is 48.8 Å². The maximum atomic E-state index is 13.6. The second-order valence-electron chi connectivity index (χ2n) is 9.75. The zero-order valence-corrected chi connectivity index (χ0v) is 21.6. The highest BCUT2D eigenvalue weighted by molar-refractivity contribution is 5.94. The van der Waals surface area contributed by atoms with Gasteiger partial charge in [0.15, 0.2) is 0 Å². The van der Waals surface area contributed by atoms with Crippen LogP contribution in [-0.4, -0.2) is 69.5 Å². The molecule has 0 aromatic heterocycles. The summed E-state index contributed by atoms with van der Waals surface area (Å²) in [5.74, 6) is -2.82. The Bertz CT molecular complexity index is 922. The highest BCUT2D eigenvalue weighted by Crippen LogP contribution is 2.22. The number of nitrogens with one attached hydrogen (secondary N) is 2. The van der Waals surface area contributed by atoms with Gasteiger partial charge in [0, 0.05) is 6.54 Å². The summed E-state index contributed by atoms with van der Waals surface area (Å²) >= 11 is 0. The lowest BCUT2D eigenvalue weighted by Gasteiger charge is -2.32. The average Bonchev–Trinajstić information content (AvgIpc) is 3.35. The van der Waals surface area contributed by atoms with E-state index in [0.29, 0.717) is 32.2 Å². The van der Waals surface area contributed by atoms with Crippen molar-refractivity contribution in [2.75, 3.05) is 6.54 Å². The number of carboxylic acids is 1. The van der Waals surface area contributed by atoms with Gasteiger partial charge in [0.25, 0.3) is 0 Å². The van der Waals surface area contributed by atoms with E-state index in [-0.39, 0.29) is 29.9 Å². The van der Waals surface area contributed by atoms with Gasteiger partial charge in [-0.1, -0.05) is 52.7 Å². The lowest BCUT2D eigenvalue weighted by atomic mass is 9.96. The summed E-state index contributed by atoms with van der Waals surface area (Å²) in [6, 6.07) is 2.78. The number of benzene rings is 1. The Balaban J connectivity index is 2.13. The van der Waals surface area contributed by atoms with Gasteiger partial charge in [-0.15, -0.1) is 0 Å². The van der Waals surface area contributed by atoms with Gasteiger partial charge in [0.1, 0.15) is 23.9 Å². The molecule has 1 aliphatic heterocycles. The van der Waals surface area contributed by atoms with Crippen molar-refractivity contribution >= 4 is 23.7 Å². The molecule has 10 heteroatoms. The third-order valence-corrected chi connectivity index (χ3v) is 7.12. The smallest absolute Gasteiger partial charge is 0.326 e. The first-order valence-electron chi connectivity index (χ1n) is 12.7. The number of carbonyl (C=O) groups excluding carboxylic acids is 3. The molecule has 1 aliphatic rings. The maximum absolute atomic E-state index is 13.6. The van der Waals surface area contributed by atoms with Crippen molar-refractivity contribution in [3.05, 3.63) is 29.8 Å². The Morgan fingerprint density at radius 1 is 1.03 bits per heavy atom. The molecule has 1 aromatic carbocycles. The molecule has 2 rings (SSSR count). The van der Waals surface area contributed by atoms with Crippen molar-refractivity contribution in [2.24, 2.45) is 17.6 Å². The van der Waals surface area contributed by atoms with E-state index in [1.54, 1.807) is 19.1 Å². The van der Waals surface area contributed by atoms with E-state index < -0.39 is 42.0 Å². The Kier molecular flexibility index (Phi) is 10.7. The summed E-state index contributed by atoms with van der Waals surface area (Å²) in [5.41, 5.74) is 6.88. The molecule has 200 valence electrons. The van der Waals surface area contributed by atoms with E-state index in [9.17, 15) is 29.4 Å². The topological polar surface area (TPSA) is 162 Å². The number of amides is 3. The highest BCUT2D eigenvalue weighted by atomic mass is 16.4. The maximum Gasteiger partial charge on any atom is 0.326 e. The van der Waals surface area contributed by atoms with Crippen LogP contribution in [0.15, 0.2) is 24.3 Å². The molecule has 0 unspecified atom stereocenters. The van der Waals surface area contributed by atoms with E-state index in [1.165, 1.54) is 17.0 Å². The largest absolute Gasteiger partial charge is 0.508 e. The number of aromatic hydroxyl groups is 1. The van der Waals surface area contributed by atoms with Crippen LogP contribution in [0.25, 0.3) is 0 Å². The van der Waals surface area contributed by atoms with Crippen LogP contribution in [0.3, 0.4) is 0 Å². The van der Waals surface area contributed by atoms with Crippen LogP contribution in [0.5, 0.6) is 5.75 Å². The second-order valence-corrected chi connectivity index (χ2v) is 9.75. The predicted octanol–water partition coefficient (Wildman–Crippen LogP) is 1.40. The van der Waals surface area contributed by atoms with Crippen molar-refractivity contribution < 1.29 is 29.4 Å². The van der Waals surface area contributed by atoms with E-state index in [4.69, 9.17) is 5.73 Å². The van der Waals surface area contributed by atoms with Crippen LogP contribution >= 0.6 is 0 Å².